The lowest BCUT2D eigenvalue weighted by atomic mass is 10.1. The van der Waals surface area contributed by atoms with Gasteiger partial charge in [-0.25, -0.2) is 0 Å². The Morgan fingerprint density at radius 1 is 0.864 bits per heavy atom. The number of anilines is 1. The predicted octanol–water partition coefficient (Wildman–Crippen LogP) is 5.00. The van der Waals surface area contributed by atoms with E-state index in [1.165, 1.54) is 44.9 Å². The van der Waals surface area contributed by atoms with Gasteiger partial charge < -0.3 is 10.1 Å². The Labute approximate surface area is 135 Å². The van der Waals surface area contributed by atoms with Crippen LogP contribution in [0.4, 0.5) is 5.69 Å². The number of nitrogens with one attached hydrogen (secondary N) is 1. The molecule has 0 aliphatic rings. The Kier molecular flexibility index (Phi) is 10.2. The van der Waals surface area contributed by atoms with Gasteiger partial charge in [0.2, 0.25) is 5.43 Å². The highest BCUT2D eigenvalue weighted by molar-refractivity contribution is 5.43. The third-order valence-corrected chi connectivity index (χ3v) is 3.71. The fourth-order valence-corrected chi connectivity index (χ4v) is 2.41. The van der Waals surface area contributed by atoms with Crippen LogP contribution in [-0.2, 0) is 0 Å². The average molecular weight is 305 g/mol. The first-order chi connectivity index (χ1) is 10.8. The second-order valence-electron chi connectivity index (χ2n) is 5.70. The van der Waals surface area contributed by atoms with Crippen LogP contribution in [-0.4, -0.2) is 13.2 Å². The van der Waals surface area contributed by atoms with Gasteiger partial charge in [-0.1, -0.05) is 51.9 Å². The van der Waals surface area contributed by atoms with Crippen LogP contribution in [0.2, 0.25) is 0 Å². The third-order valence-electron chi connectivity index (χ3n) is 3.71. The first-order valence-electron chi connectivity index (χ1n) is 8.79. The van der Waals surface area contributed by atoms with Gasteiger partial charge in [-0.3, -0.25) is 4.79 Å². The van der Waals surface area contributed by atoms with E-state index >= 15 is 0 Å². The Balaban J connectivity index is 2.20. The van der Waals surface area contributed by atoms with Crippen molar-refractivity contribution in [3.05, 3.63) is 34.5 Å². The largest absolute Gasteiger partial charge is 0.494 e. The molecule has 124 valence electrons. The Morgan fingerprint density at radius 2 is 1.50 bits per heavy atom. The van der Waals surface area contributed by atoms with Gasteiger partial charge in [-0.05, 0) is 37.6 Å². The Morgan fingerprint density at radius 3 is 2.18 bits per heavy atom. The standard InChI is InChI=1S/C19H31NO2/c1-3-5-6-7-8-9-10-11-16-22-17-12-14-18(20-4-2)19(21)15-13-17/h12-15H,3-11,16H2,1-2H3,(H,20,21). The van der Waals surface area contributed by atoms with Gasteiger partial charge in [0.1, 0.15) is 5.75 Å². The van der Waals surface area contributed by atoms with Crippen molar-refractivity contribution >= 4 is 5.69 Å². The quantitative estimate of drug-likeness (QED) is 0.552. The van der Waals surface area contributed by atoms with Crippen LogP contribution < -0.4 is 15.5 Å². The summed E-state index contributed by atoms with van der Waals surface area (Å²) in [6, 6.07) is 6.99. The molecule has 1 rings (SSSR count). The summed E-state index contributed by atoms with van der Waals surface area (Å²) >= 11 is 0. The van der Waals surface area contributed by atoms with Crippen molar-refractivity contribution in [2.24, 2.45) is 0 Å². The molecule has 0 spiro atoms. The molecule has 0 unspecified atom stereocenters. The lowest BCUT2D eigenvalue weighted by Gasteiger charge is -2.04. The van der Waals surface area contributed by atoms with E-state index in [2.05, 4.69) is 12.2 Å². The lowest BCUT2D eigenvalue weighted by Crippen LogP contribution is -2.06. The van der Waals surface area contributed by atoms with Crippen molar-refractivity contribution in [3.63, 3.8) is 0 Å². The van der Waals surface area contributed by atoms with Gasteiger partial charge in [0.05, 0.1) is 12.3 Å². The molecule has 1 N–H and O–H groups in total. The molecule has 0 aliphatic carbocycles. The van der Waals surface area contributed by atoms with E-state index in [0.717, 1.165) is 25.3 Å². The van der Waals surface area contributed by atoms with Crippen LogP contribution in [0.3, 0.4) is 0 Å². The van der Waals surface area contributed by atoms with Gasteiger partial charge in [0.25, 0.3) is 0 Å². The molecule has 1 aromatic rings. The van der Waals surface area contributed by atoms with Crippen LogP contribution in [0.25, 0.3) is 0 Å². The minimum absolute atomic E-state index is 0.00350. The highest BCUT2D eigenvalue weighted by Gasteiger charge is 1.97. The summed E-state index contributed by atoms with van der Waals surface area (Å²) in [6.45, 7) is 5.70. The highest BCUT2D eigenvalue weighted by atomic mass is 16.5. The predicted molar refractivity (Wildman–Crippen MR) is 95.0 cm³/mol. The van der Waals surface area contributed by atoms with Crippen LogP contribution >= 0.6 is 0 Å². The zero-order valence-corrected chi connectivity index (χ0v) is 14.2. The van der Waals surface area contributed by atoms with Crippen LogP contribution in [0.1, 0.15) is 65.2 Å². The van der Waals surface area contributed by atoms with E-state index in [1.54, 1.807) is 18.2 Å². The maximum atomic E-state index is 11.8. The molecule has 3 heteroatoms. The topological polar surface area (TPSA) is 38.3 Å². The zero-order chi connectivity index (χ0) is 16.0. The minimum Gasteiger partial charge on any atom is -0.494 e. The van der Waals surface area contributed by atoms with Gasteiger partial charge in [-0.2, -0.15) is 0 Å². The molecule has 0 bridgehead atoms. The summed E-state index contributed by atoms with van der Waals surface area (Å²) in [4.78, 5) is 11.8. The van der Waals surface area contributed by atoms with Crippen LogP contribution in [0, 0.1) is 0 Å². The number of rotatable bonds is 12. The molecule has 0 amide bonds. The normalized spacial score (nSPS) is 10.5. The summed E-state index contributed by atoms with van der Waals surface area (Å²) < 4.78 is 5.73. The van der Waals surface area contributed by atoms with Gasteiger partial charge >= 0.3 is 0 Å². The summed E-state index contributed by atoms with van der Waals surface area (Å²) in [5, 5.41) is 3.06. The Bertz CT molecular complexity index is 459. The van der Waals surface area contributed by atoms with Crippen molar-refractivity contribution in [2.45, 2.75) is 65.2 Å². The second-order valence-corrected chi connectivity index (χ2v) is 5.70. The number of ether oxygens (including phenoxy) is 1. The molecule has 0 aliphatic heterocycles. The highest BCUT2D eigenvalue weighted by Crippen LogP contribution is 2.12. The maximum Gasteiger partial charge on any atom is 0.201 e. The molecule has 0 aromatic heterocycles. The number of hydrogen-bond donors (Lipinski definition) is 1. The van der Waals surface area contributed by atoms with Crippen LogP contribution in [0.15, 0.2) is 29.1 Å². The molecular formula is C19H31NO2. The van der Waals surface area contributed by atoms with Crippen molar-refractivity contribution in [3.8, 4) is 5.75 Å². The molecule has 1 aromatic carbocycles. The third kappa shape index (κ3) is 8.06. The van der Waals surface area contributed by atoms with Crippen molar-refractivity contribution < 1.29 is 4.74 Å². The van der Waals surface area contributed by atoms with Crippen molar-refractivity contribution in [2.75, 3.05) is 18.5 Å². The van der Waals surface area contributed by atoms with Gasteiger partial charge in [-0.15, -0.1) is 0 Å². The summed E-state index contributed by atoms with van der Waals surface area (Å²) in [5.41, 5.74) is 0.633. The molecule has 0 atom stereocenters. The molecule has 3 nitrogen and oxygen atoms in total. The fourth-order valence-electron chi connectivity index (χ4n) is 2.41. The molecule has 22 heavy (non-hydrogen) atoms. The SMILES string of the molecule is CCCCCCCCCCOc1ccc(NCC)c(=O)cc1. The van der Waals surface area contributed by atoms with Gasteiger partial charge in [0.15, 0.2) is 0 Å². The van der Waals surface area contributed by atoms with E-state index < -0.39 is 0 Å². The van der Waals surface area contributed by atoms with Crippen molar-refractivity contribution in [1.29, 1.82) is 0 Å². The van der Waals surface area contributed by atoms with E-state index in [0.29, 0.717) is 5.69 Å². The first-order valence-corrected chi connectivity index (χ1v) is 8.79. The van der Waals surface area contributed by atoms with E-state index in [4.69, 9.17) is 4.74 Å². The summed E-state index contributed by atoms with van der Waals surface area (Å²) in [7, 11) is 0. The van der Waals surface area contributed by atoms with E-state index in [-0.39, 0.29) is 5.43 Å². The fraction of sp³-hybridized carbons (Fsp3) is 0.632. The molecular weight excluding hydrogens is 274 g/mol. The van der Waals surface area contributed by atoms with Crippen LogP contribution in [0.5, 0.6) is 5.75 Å². The van der Waals surface area contributed by atoms with E-state index in [9.17, 15) is 4.79 Å². The molecule has 0 saturated carbocycles. The smallest absolute Gasteiger partial charge is 0.201 e. The van der Waals surface area contributed by atoms with Crippen molar-refractivity contribution in [1.82, 2.24) is 0 Å². The Hall–Kier alpha value is -1.51. The minimum atomic E-state index is 0.00350. The number of hydrogen-bond acceptors (Lipinski definition) is 3. The first kappa shape index (κ1) is 18.5. The summed E-state index contributed by atoms with van der Waals surface area (Å²) in [6.07, 6.45) is 10.4. The molecule has 0 radical (unpaired) electrons. The summed E-state index contributed by atoms with van der Waals surface area (Å²) in [5.74, 6) is 0.768. The molecule has 0 fully saturated rings. The lowest BCUT2D eigenvalue weighted by molar-refractivity contribution is 0.304. The van der Waals surface area contributed by atoms with E-state index in [1.807, 2.05) is 13.0 Å². The van der Waals surface area contributed by atoms with Gasteiger partial charge in [0, 0.05) is 6.54 Å². The zero-order valence-electron chi connectivity index (χ0n) is 14.2. The monoisotopic (exact) mass is 305 g/mol. The number of unbranched alkanes of at least 4 members (excludes halogenated alkanes) is 7. The molecule has 0 saturated heterocycles. The maximum absolute atomic E-state index is 11.8. The molecule has 0 heterocycles. The second kappa shape index (κ2) is 12.1. The average Bonchev–Trinajstić information content (AvgIpc) is 2.69.